The topological polar surface area (TPSA) is 55.1 Å². The number of aryl methyl sites for hydroxylation is 1. The van der Waals surface area contributed by atoms with Crippen molar-refractivity contribution in [1.29, 1.82) is 0 Å². The number of nitrogens with zero attached hydrogens (tertiary/aromatic N) is 2. The summed E-state index contributed by atoms with van der Waals surface area (Å²) in [5, 5.41) is 13.3. The summed E-state index contributed by atoms with van der Waals surface area (Å²) in [5.74, 6) is -1.24. The third-order valence-corrected chi connectivity index (χ3v) is 3.45. The third-order valence-electron chi connectivity index (χ3n) is 3.45. The maximum absolute atomic E-state index is 13.0. The van der Waals surface area contributed by atoms with Crippen LogP contribution in [0.3, 0.4) is 0 Å². The molecule has 0 saturated carbocycles. The second kappa shape index (κ2) is 5.44. The number of carboxylic acid groups (broad SMARTS) is 1. The number of rotatable bonds is 3. The Bertz CT molecular complexity index is 821. The lowest BCUT2D eigenvalue weighted by molar-refractivity contribution is 0.0697. The maximum atomic E-state index is 13.0. The molecular formula is C17H13FN2O2. The SMILES string of the molecule is Cn1nc(-c2ccc(C(=O)O)cc2)cc1-c1ccc(F)cc1. The lowest BCUT2D eigenvalue weighted by Crippen LogP contribution is -1.95. The number of aromatic nitrogens is 2. The first kappa shape index (κ1) is 14.0. The van der Waals surface area contributed by atoms with Gasteiger partial charge in [0, 0.05) is 12.6 Å². The highest BCUT2D eigenvalue weighted by molar-refractivity contribution is 5.88. The van der Waals surface area contributed by atoms with Crippen molar-refractivity contribution in [2.45, 2.75) is 0 Å². The van der Waals surface area contributed by atoms with Crippen molar-refractivity contribution in [1.82, 2.24) is 9.78 Å². The van der Waals surface area contributed by atoms with Gasteiger partial charge in [0.2, 0.25) is 0 Å². The minimum Gasteiger partial charge on any atom is -0.478 e. The Hall–Kier alpha value is -2.95. The number of hydrogen-bond acceptors (Lipinski definition) is 2. The van der Waals surface area contributed by atoms with E-state index in [1.165, 1.54) is 12.1 Å². The van der Waals surface area contributed by atoms with E-state index in [0.717, 1.165) is 22.5 Å². The van der Waals surface area contributed by atoms with Crippen molar-refractivity contribution in [2.75, 3.05) is 0 Å². The van der Waals surface area contributed by atoms with E-state index in [2.05, 4.69) is 5.10 Å². The van der Waals surface area contributed by atoms with Crippen molar-refractivity contribution in [2.24, 2.45) is 7.05 Å². The molecule has 3 rings (SSSR count). The number of aromatic carboxylic acids is 1. The summed E-state index contributed by atoms with van der Waals surface area (Å²) < 4.78 is 14.7. The van der Waals surface area contributed by atoms with Crippen LogP contribution in [0, 0.1) is 5.82 Å². The fraction of sp³-hybridized carbons (Fsp3) is 0.0588. The maximum Gasteiger partial charge on any atom is 0.335 e. The number of benzene rings is 2. The van der Waals surface area contributed by atoms with Crippen LogP contribution in [-0.4, -0.2) is 20.9 Å². The van der Waals surface area contributed by atoms with E-state index in [-0.39, 0.29) is 11.4 Å². The first-order chi connectivity index (χ1) is 10.5. The summed E-state index contributed by atoms with van der Waals surface area (Å²) in [5.41, 5.74) is 3.52. The Morgan fingerprint density at radius 3 is 2.23 bits per heavy atom. The average Bonchev–Trinajstić information content (AvgIpc) is 2.90. The van der Waals surface area contributed by atoms with Crippen molar-refractivity contribution in [3.8, 4) is 22.5 Å². The molecule has 1 heterocycles. The van der Waals surface area contributed by atoms with Gasteiger partial charge in [-0.05, 0) is 48.0 Å². The summed E-state index contributed by atoms with van der Waals surface area (Å²) >= 11 is 0. The van der Waals surface area contributed by atoms with Gasteiger partial charge in [0.1, 0.15) is 5.82 Å². The van der Waals surface area contributed by atoms with Crippen LogP contribution >= 0.6 is 0 Å². The Labute approximate surface area is 126 Å². The van der Waals surface area contributed by atoms with Gasteiger partial charge in [-0.2, -0.15) is 5.10 Å². The van der Waals surface area contributed by atoms with E-state index < -0.39 is 5.97 Å². The lowest BCUT2D eigenvalue weighted by Gasteiger charge is -2.00. The summed E-state index contributed by atoms with van der Waals surface area (Å²) in [4.78, 5) is 10.9. The largest absolute Gasteiger partial charge is 0.478 e. The molecule has 0 unspecified atom stereocenters. The molecule has 110 valence electrons. The van der Waals surface area contributed by atoms with Crippen LogP contribution in [0.15, 0.2) is 54.6 Å². The fourth-order valence-corrected chi connectivity index (χ4v) is 2.28. The van der Waals surface area contributed by atoms with Crippen molar-refractivity contribution in [3.63, 3.8) is 0 Å². The Kier molecular flexibility index (Phi) is 3.47. The fourth-order valence-electron chi connectivity index (χ4n) is 2.28. The molecule has 0 saturated heterocycles. The molecule has 1 aromatic heterocycles. The van der Waals surface area contributed by atoms with Crippen LogP contribution in [0.4, 0.5) is 4.39 Å². The molecule has 22 heavy (non-hydrogen) atoms. The minimum absolute atomic E-state index is 0.235. The van der Waals surface area contributed by atoms with Gasteiger partial charge in [0.05, 0.1) is 17.0 Å². The summed E-state index contributed by atoms with van der Waals surface area (Å²) in [6.45, 7) is 0. The van der Waals surface area contributed by atoms with Crippen LogP contribution in [0.2, 0.25) is 0 Å². The minimum atomic E-state index is -0.959. The molecule has 0 aliphatic rings. The summed E-state index contributed by atoms with van der Waals surface area (Å²) in [6.07, 6.45) is 0. The van der Waals surface area contributed by atoms with E-state index in [9.17, 15) is 9.18 Å². The highest BCUT2D eigenvalue weighted by Crippen LogP contribution is 2.26. The van der Waals surface area contributed by atoms with Gasteiger partial charge in [-0.25, -0.2) is 9.18 Å². The second-order valence-corrected chi connectivity index (χ2v) is 4.93. The van der Waals surface area contributed by atoms with E-state index in [1.54, 1.807) is 41.1 Å². The van der Waals surface area contributed by atoms with E-state index >= 15 is 0 Å². The molecule has 2 aromatic carbocycles. The van der Waals surface area contributed by atoms with Crippen LogP contribution in [0.5, 0.6) is 0 Å². The Balaban J connectivity index is 1.98. The molecule has 3 aromatic rings. The van der Waals surface area contributed by atoms with Gasteiger partial charge in [-0.1, -0.05) is 12.1 Å². The van der Waals surface area contributed by atoms with Crippen molar-refractivity contribution >= 4 is 5.97 Å². The number of halogens is 1. The van der Waals surface area contributed by atoms with Gasteiger partial charge in [0.15, 0.2) is 0 Å². The molecule has 0 bridgehead atoms. The lowest BCUT2D eigenvalue weighted by atomic mass is 10.1. The zero-order valence-electron chi connectivity index (χ0n) is 11.8. The predicted octanol–water partition coefficient (Wildman–Crippen LogP) is 3.59. The monoisotopic (exact) mass is 296 g/mol. The zero-order valence-corrected chi connectivity index (χ0v) is 11.8. The molecule has 0 radical (unpaired) electrons. The standard InChI is InChI=1S/C17H13FN2O2/c1-20-16(12-6-8-14(18)9-7-12)10-15(19-20)11-2-4-13(5-3-11)17(21)22/h2-10H,1H3,(H,21,22). The molecule has 0 aliphatic carbocycles. The van der Waals surface area contributed by atoms with Gasteiger partial charge in [0.25, 0.3) is 0 Å². The molecule has 0 atom stereocenters. The Morgan fingerprint density at radius 2 is 1.64 bits per heavy atom. The molecule has 5 heteroatoms. The van der Waals surface area contributed by atoms with Crippen LogP contribution < -0.4 is 0 Å². The number of carbonyl (C=O) groups is 1. The summed E-state index contributed by atoms with van der Waals surface area (Å²) in [7, 11) is 1.81. The smallest absolute Gasteiger partial charge is 0.335 e. The number of hydrogen-bond donors (Lipinski definition) is 1. The molecule has 1 N–H and O–H groups in total. The van der Waals surface area contributed by atoms with Crippen molar-refractivity contribution in [3.05, 3.63) is 66.0 Å². The normalized spacial score (nSPS) is 10.6. The molecule has 0 aliphatic heterocycles. The van der Waals surface area contributed by atoms with Gasteiger partial charge >= 0.3 is 5.97 Å². The van der Waals surface area contributed by atoms with Crippen LogP contribution in [0.25, 0.3) is 22.5 Å². The van der Waals surface area contributed by atoms with Crippen LogP contribution in [-0.2, 0) is 7.05 Å². The molecular weight excluding hydrogens is 283 g/mol. The highest BCUT2D eigenvalue weighted by atomic mass is 19.1. The quantitative estimate of drug-likeness (QED) is 0.803. The van der Waals surface area contributed by atoms with Gasteiger partial charge in [-0.15, -0.1) is 0 Å². The first-order valence-corrected chi connectivity index (χ1v) is 6.68. The van der Waals surface area contributed by atoms with Crippen molar-refractivity contribution < 1.29 is 14.3 Å². The molecule has 0 spiro atoms. The van der Waals surface area contributed by atoms with E-state index in [1.807, 2.05) is 13.1 Å². The first-order valence-electron chi connectivity index (χ1n) is 6.68. The van der Waals surface area contributed by atoms with Crippen LogP contribution in [0.1, 0.15) is 10.4 Å². The van der Waals surface area contributed by atoms with Gasteiger partial charge < -0.3 is 5.11 Å². The van der Waals surface area contributed by atoms with E-state index in [0.29, 0.717) is 0 Å². The second-order valence-electron chi connectivity index (χ2n) is 4.93. The predicted molar refractivity (Wildman–Crippen MR) is 81.0 cm³/mol. The van der Waals surface area contributed by atoms with Gasteiger partial charge in [-0.3, -0.25) is 4.68 Å². The zero-order chi connectivity index (χ0) is 15.7. The Morgan fingerprint density at radius 1 is 1.05 bits per heavy atom. The highest BCUT2D eigenvalue weighted by Gasteiger charge is 2.10. The molecule has 0 amide bonds. The average molecular weight is 296 g/mol. The third kappa shape index (κ3) is 2.61. The summed E-state index contributed by atoms with van der Waals surface area (Å²) in [6, 6.07) is 14.6. The van der Waals surface area contributed by atoms with E-state index in [4.69, 9.17) is 5.11 Å². The molecule has 4 nitrogen and oxygen atoms in total. The molecule has 0 fully saturated rings. The number of carboxylic acids is 1.